The molecule has 100 valence electrons. The molecule has 2 aromatic heterocycles. The number of nitrogens with zero attached hydrogens (tertiary/aromatic N) is 3. The highest BCUT2D eigenvalue weighted by atomic mass is 32.2. The minimum atomic E-state index is 0.163. The SMILES string of the molecule is Nc1nc(SCC(=O)N2CCCC2)nc2sccc12. The molecular weight excluding hydrogens is 280 g/mol. The van der Waals surface area contributed by atoms with E-state index in [-0.39, 0.29) is 5.91 Å². The van der Waals surface area contributed by atoms with Crippen LogP contribution >= 0.6 is 23.1 Å². The van der Waals surface area contributed by atoms with Crippen molar-refractivity contribution >= 4 is 45.0 Å². The van der Waals surface area contributed by atoms with Crippen molar-refractivity contribution in [1.29, 1.82) is 0 Å². The number of nitrogens with two attached hydrogens (primary N) is 1. The van der Waals surface area contributed by atoms with Gasteiger partial charge in [0.15, 0.2) is 5.16 Å². The van der Waals surface area contributed by atoms with Crippen LogP contribution in [0.5, 0.6) is 0 Å². The van der Waals surface area contributed by atoms with Crippen LogP contribution < -0.4 is 5.73 Å². The average molecular weight is 294 g/mol. The van der Waals surface area contributed by atoms with Gasteiger partial charge >= 0.3 is 0 Å². The summed E-state index contributed by atoms with van der Waals surface area (Å²) in [7, 11) is 0. The highest BCUT2D eigenvalue weighted by Crippen LogP contribution is 2.26. The molecule has 1 aliphatic heterocycles. The molecule has 0 aromatic carbocycles. The van der Waals surface area contributed by atoms with Crippen LogP contribution in [-0.2, 0) is 4.79 Å². The van der Waals surface area contributed by atoms with Crippen LogP contribution in [0.25, 0.3) is 10.2 Å². The predicted molar refractivity (Wildman–Crippen MR) is 78.4 cm³/mol. The van der Waals surface area contributed by atoms with Gasteiger partial charge < -0.3 is 10.6 Å². The van der Waals surface area contributed by atoms with Crippen LogP contribution in [0.3, 0.4) is 0 Å². The van der Waals surface area contributed by atoms with Crippen molar-refractivity contribution in [3.63, 3.8) is 0 Å². The van der Waals surface area contributed by atoms with Crippen LogP contribution in [0.4, 0.5) is 5.82 Å². The van der Waals surface area contributed by atoms with Crippen molar-refractivity contribution < 1.29 is 4.79 Å². The van der Waals surface area contributed by atoms with E-state index in [0.717, 1.165) is 36.1 Å². The molecule has 2 aromatic rings. The lowest BCUT2D eigenvalue weighted by atomic mass is 10.4. The normalized spacial score (nSPS) is 15.3. The van der Waals surface area contributed by atoms with Gasteiger partial charge in [0, 0.05) is 13.1 Å². The first kappa shape index (κ1) is 12.7. The number of hydrogen-bond acceptors (Lipinski definition) is 6. The molecule has 0 unspecified atom stereocenters. The van der Waals surface area contributed by atoms with Crippen LogP contribution in [0, 0.1) is 0 Å². The van der Waals surface area contributed by atoms with E-state index in [9.17, 15) is 4.79 Å². The third-order valence-electron chi connectivity index (χ3n) is 3.12. The molecule has 3 rings (SSSR count). The van der Waals surface area contributed by atoms with E-state index in [1.165, 1.54) is 23.1 Å². The first-order chi connectivity index (χ1) is 9.24. The summed E-state index contributed by atoms with van der Waals surface area (Å²) in [6, 6.07) is 1.92. The number of amides is 1. The monoisotopic (exact) mass is 294 g/mol. The summed E-state index contributed by atoms with van der Waals surface area (Å²) in [5, 5.41) is 3.42. The zero-order valence-electron chi connectivity index (χ0n) is 10.3. The lowest BCUT2D eigenvalue weighted by Gasteiger charge is -2.14. The molecule has 0 atom stereocenters. The predicted octanol–water partition coefficient (Wildman–Crippen LogP) is 1.99. The van der Waals surface area contributed by atoms with Crippen LogP contribution in [0.15, 0.2) is 16.6 Å². The number of carbonyl (C=O) groups excluding carboxylic acids is 1. The summed E-state index contributed by atoms with van der Waals surface area (Å²) in [6.07, 6.45) is 2.22. The Morgan fingerprint density at radius 3 is 3.00 bits per heavy atom. The highest BCUT2D eigenvalue weighted by molar-refractivity contribution is 7.99. The second-order valence-corrected chi connectivity index (χ2v) is 6.24. The zero-order valence-corrected chi connectivity index (χ0v) is 12.0. The summed E-state index contributed by atoms with van der Waals surface area (Å²) in [5.74, 6) is 1.04. The van der Waals surface area contributed by atoms with Crippen LogP contribution in [0.1, 0.15) is 12.8 Å². The summed E-state index contributed by atoms with van der Waals surface area (Å²) in [4.78, 5) is 23.4. The number of carbonyl (C=O) groups is 1. The van der Waals surface area contributed by atoms with Gasteiger partial charge in [0.2, 0.25) is 5.91 Å². The molecule has 0 bridgehead atoms. The van der Waals surface area contributed by atoms with Gasteiger partial charge in [-0.2, -0.15) is 0 Å². The molecule has 5 nitrogen and oxygen atoms in total. The molecular formula is C12H14N4OS2. The van der Waals surface area contributed by atoms with Gasteiger partial charge in [-0.25, -0.2) is 9.97 Å². The number of aromatic nitrogens is 2. The standard InChI is InChI=1S/C12H14N4OS2/c13-10-8-3-6-18-11(8)15-12(14-10)19-7-9(17)16-4-1-2-5-16/h3,6H,1-2,4-5,7H2,(H2,13,14,15). The van der Waals surface area contributed by atoms with Crippen molar-refractivity contribution in [3.05, 3.63) is 11.4 Å². The van der Waals surface area contributed by atoms with Crippen LogP contribution in [0.2, 0.25) is 0 Å². The third kappa shape index (κ3) is 2.66. The van der Waals surface area contributed by atoms with Gasteiger partial charge in [-0.05, 0) is 24.3 Å². The van der Waals surface area contributed by atoms with Gasteiger partial charge in [0.25, 0.3) is 0 Å². The Morgan fingerprint density at radius 1 is 1.42 bits per heavy atom. The van der Waals surface area contributed by atoms with E-state index in [1.807, 2.05) is 16.3 Å². The molecule has 0 spiro atoms. The second kappa shape index (κ2) is 5.34. The molecule has 1 aliphatic rings. The zero-order chi connectivity index (χ0) is 13.2. The van der Waals surface area contributed by atoms with Crippen molar-refractivity contribution in [2.45, 2.75) is 18.0 Å². The van der Waals surface area contributed by atoms with Crippen molar-refractivity contribution in [3.8, 4) is 0 Å². The number of thiophene rings is 1. The first-order valence-corrected chi connectivity index (χ1v) is 8.02. The summed E-state index contributed by atoms with van der Waals surface area (Å²) < 4.78 is 0. The fraction of sp³-hybridized carbons (Fsp3) is 0.417. The minimum absolute atomic E-state index is 0.163. The smallest absolute Gasteiger partial charge is 0.233 e. The summed E-state index contributed by atoms with van der Waals surface area (Å²) >= 11 is 2.90. The Balaban J connectivity index is 1.69. The quantitative estimate of drug-likeness (QED) is 0.692. The van der Waals surface area contributed by atoms with Gasteiger partial charge in [-0.15, -0.1) is 11.3 Å². The number of fused-ring (bicyclic) bond motifs is 1. The summed E-state index contributed by atoms with van der Waals surface area (Å²) in [6.45, 7) is 1.76. The highest BCUT2D eigenvalue weighted by Gasteiger charge is 2.18. The first-order valence-electron chi connectivity index (χ1n) is 6.15. The van der Waals surface area contributed by atoms with E-state index >= 15 is 0 Å². The van der Waals surface area contributed by atoms with Gasteiger partial charge in [0.05, 0.1) is 11.1 Å². The molecule has 1 saturated heterocycles. The van der Waals surface area contributed by atoms with Crippen molar-refractivity contribution in [1.82, 2.24) is 14.9 Å². The topological polar surface area (TPSA) is 72.1 Å². The number of nitrogen functional groups attached to an aromatic ring is 1. The Kier molecular flexibility index (Phi) is 3.56. The molecule has 1 fully saturated rings. The van der Waals surface area contributed by atoms with E-state index < -0.39 is 0 Å². The maximum absolute atomic E-state index is 11.9. The molecule has 3 heterocycles. The molecule has 1 amide bonds. The van der Waals surface area contributed by atoms with E-state index in [0.29, 0.717) is 16.7 Å². The van der Waals surface area contributed by atoms with Gasteiger partial charge in [0.1, 0.15) is 10.6 Å². The fourth-order valence-electron chi connectivity index (χ4n) is 2.11. The maximum Gasteiger partial charge on any atom is 0.233 e. The van der Waals surface area contributed by atoms with E-state index in [4.69, 9.17) is 5.73 Å². The third-order valence-corrected chi connectivity index (χ3v) is 4.76. The van der Waals surface area contributed by atoms with Crippen molar-refractivity contribution in [2.24, 2.45) is 0 Å². The molecule has 0 saturated carbocycles. The number of thioether (sulfide) groups is 1. The van der Waals surface area contributed by atoms with Gasteiger partial charge in [-0.1, -0.05) is 11.8 Å². The number of anilines is 1. The van der Waals surface area contributed by atoms with Gasteiger partial charge in [-0.3, -0.25) is 4.79 Å². The Labute approximate surface area is 119 Å². The summed E-state index contributed by atoms with van der Waals surface area (Å²) in [5.41, 5.74) is 5.88. The van der Waals surface area contributed by atoms with Crippen molar-refractivity contribution in [2.75, 3.05) is 24.6 Å². The maximum atomic E-state index is 11.9. The molecule has 0 aliphatic carbocycles. The fourth-order valence-corrected chi connectivity index (χ4v) is 3.69. The Hall–Kier alpha value is -1.34. The molecule has 7 heteroatoms. The van der Waals surface area contributed by atoms with E-state index in [1.54, 1.807) is 0 Å². The second-order valence-electron chi connectivity index (χ2n) is 4.41. The number of likely N-dealkylation sites (tertiary alicyclic amines) is 1. The molecule has 19 heavy (non-hydrogen) atoms. The average Bonchev–Trinajstić information content (AvgIpc) is 3.06. The number of hydrogen-bond donors (Lipinski definition) is 1. The van der Waals surface area contributed by atoms with E-state index in [2.05, 4.69) is 9.97 Å². The van der Waals surface area contributed by atoms with Crippen LogP contribution in [-0.4, -0.2) is 39.6 Å². The Morgan fingerprint density at radius 2 is 2.21 bits per heavy atom. The largest absolute Gasteiger partial charge is 0.383 e. The lowest BCUT2D eigenvalue weighted by Crippen LogP contribution is -2.29. The molecule has 2 N–H and O–H groups in total. The Bertz CT molecular complexity index is 607. The lowest BCUT2D eigenvalue weighted by molar-refractivity contribution is -0.127. The minimum Gasteiger partial charge on any atom is -0.383 e. The number of rotatable bonds is 3. The molecule has 0 radical (unpaired) electrons.